The number of thioether (sulfide) groups is 1. The molecule has 1 atom stereocenters. The summed E-state index contributed by atoms with van der Waals surface area (Å²) in [6.07, 6.45) is 5.05. The molecule has 1 unspecified atom stereocenters. The third-order valence-electron chi connectivity index (χ3n) is 5.34. The van der Waals surface area contributed by atoms with Gasteiger partial charge in [0, 0.05) is 17.7 Å². The van der Waals surface area contributed by atoms with Crippen LogP contribution in [0, 0.1) is 0 Å². The fourth-order valence-electron chi connectivity index (χ4n) is 3.55. The summed E-state index contributed by atoms with van der Waals surface area (Å²) in [7, 11) is 1.97. The number of oxazole rings is 1. The zero-order chi connectivity index (χ0) is 24.2. The number of nitrogens with one attached hydrogen (secondary N) is 2. The van der Waals surface area contributed by atoms with Gasteiger partial charge in [0.1, 0.15) is 11.6 Å². The van der Waals surface area contributed by atoms with E-state index in [1.165, 1.54) is 19.3 Å². The fourth-order valence-corrected chi connectivity index (χ4v) is 4.39. The van der Waals surface area contributed by atoms with E-state index in [4.69, 9.17) is 9.15 Å². The molecular formula is C26H33N3O4S. The number of nitrogens with zero attached hydrogens (tertiary/aromatic N) is 1. The number of carbonyl (C=O) groups excluding carboxylic acids is 2. The summed E-state index contributed by atoms with van der Waals surface area (Å²) >= 11 is 1.59. The number of esters is 1. The number of unbranched alkanes of at least 4 members (excludes halogenated alkanes) is 3. The largest absolute Gasteiger partial charge is 0.464 e. The van der Waals surface area contributed by atoms with Crippen LogP contribution in [-0.4, -0.2) is 48.9 Å². The molecule has 34 heavy (non-hydrogen) atoms. The molecule has 2 aromatic carbocycles. The highest BCUT2D eigenvalue weighted by Gasteiger charge is 2.23. The topological polar surface area (TPSA) is 93.5 Å². The Bertz CT molecular complexity index is 1050. The van der Waals surface area contributed by atoms with Crippen LogP contribution >= 0.6 is 11.8 Å². The second-order valence-electron chi connectivity index (χ2n) is 8.00. The highest BCUT2D eigenvalue weighted by Crippen LogP contribution is 2.25. The van der Waals surface area contributed by atoms with Crippen molar-refractivity contribution in [1.29, 1.82) is 0 Å². The molecular weight excluding hydrogens is 450 g/mol. The van der Waals surface area contributed by atoms with Gasteiger partial charge in [-0.3, -0.25) is 4.79 Å². The van der Waals surface area contributed by atoms with Crippen LogP contribution in [0.15, 0.2) is 58.2 Å². The first-order valence-corrected chi connectivity index (χ1v) is 12.8. The number of fused-ring (bicyclic) bond motifs is 1. The fraction of sp³-hybridized carbons (Fsp3) is 0.423. The molecule has 1 heterocycles. The third kappa shape index (κ3) is 7.88. The van der Waals surface area contributed by atoms with Crippen LogP contribution in [0.1, 0.15) is 48.5 Å². The number of aromatic nitrogens is 1. The molecule has 0 spiro atoms. The summed E-state index contributed by atoms with van der Waals surface area (Å²) in [5.74, 6) is 0.141. The molecule has 1 amide bonds. The number of ether oxygens (including phenoxy) is 1. The monoisotopic (exact) mass is 483 g/mol. The first-order valence-electron chi connectivity index (χ1n) is 11.8. The van der Waals surface area contributed by atoms with E-state index >= 15 is 0 Å². The van der Waals surface area contributed by atoms with Gasteiger partial charge in [-0.25, -0.2) is 9.78 Å². The zero-order valence-corrected chi connectivity index (χ0v) is 20.7. The number of hydrogen-bond acceptors (Lipinski definition) is 7. The maximum Gasteiger partial charge on any atom is 0.328 e. The van der Waals surface area contributed by atoms with Crippen LogP contribution in [0.5, 0.6) is 0 Å². The van der Waals surface area contributed by atoms with Gasteiger partial charge in [-0.1, -0.05) is 54.9 Å². The van der Waals surface area contributed by atoms with Crippen LogP contribution in [0.25, 0.3) is 11.1 Å². The van der Waals surface area contributed by atoms with Crippen molar-refractivity contribution < 1.29 is 18.7 Å². The van der Waals surface area contributed by atoms with Crippen molar-refractivity contribution in [3.05, 3.63) is 59.7 Å². The third-order valence-corrected chi connectivity index (χ3v) is 6.25. The SMILES string of the molecule is CCOC(=O)C(Cc1ccccc1)NC(=O)c1ccc2oc(SCCCCCCNC)nc2c1. The minimum absolute atomic E-state index is 0.251. The Morgan fingerprint density at radius 2 is 1.88 bits per heavy atom. The average molecular weight is 484 g/mol. The molecule has 2 N–H and O–H groups in total. The van der Waals surface area contributed by atoms with E-state index in [1.54, 1.807) is 36.9 Å². The number of hydrogen-bond donors (Lipinski definition) is 2. The second-order valence-corrected chi connectivity index (χ2v) is 9.04. The van der Waals surface area contributed by atoms with Gasteiger partial charge in [0.25, 0.3) is 11.1 Å². The molecule has 0 saturated carbocycles. The van der Waals surface area contributed by atoms with Gasteiger partial charge in [0.15, 0.2) is 5.58 Å². The number of amides is 1. The molecule has 0 aliphatic heterocycles. The maximum atomic E-state index is 12.9. The number of benzene rings is 2. The molecule has 8 heteroatoms. The lowest BCUT2D eigenvalue weighted by Crippen LogP contribution is -2.43. The Kier molecular flexibility index (Phi) is 10.4. The van der Waals surface area contributed by atoms with E-state index in [9.17, 15) is 9.59 Å². The number of carbonyl (C=O) groups is 2. The van der Waals surface area contributed by atoms with Crippen LogP contribution in [0.3, 0.4) is 0 Å². The van der Waals surface area contributed by atoms with Gasteiger partial charge in [-0.05, 0) is 57.1 Å². The van der Waals surface area contributed by atoms with Crippen LogP contribution < -0.4 is 10.6 Å². The molecule has 0 saturated heterocycles. The first kappa shape index (κ1) is 25.8. The van der Waals surface area contributed by atoms with Crippen molar-refractivity contribution in [3.63, 3.8) is 0 Å². The predicted octanol–water partition coefficient (Wildman–Crippen LogP) is 4.60. The molecule has 0 radical (unpaired) electrons. The zero-order valence-electron chi connectivity index (χ0n) is 19.8. The Balaban J connectivity index is 1.60. The summed E-state index contributed by atoms with van der Waals surface area (Å²) in [6, 6.07) is 13.9. The Hall–Kier alpha value is -2.84. The van der Waals surface area contributed by atoms with Crippen molar-refractivity contribution in [2.75, 3.05) is 26.0 Å². The minimum atomic E-state index is -0.776. The van der Waals surface area contributed by atoms with E-state index in [0.717, 1.165) is 24.3 Å². The Morgan fingerprint density at radius 3 is 2.65 bits per heavy atom. The van der Waals surface area contributed by atoms with Gasteiger partial charge >= 0.3 is 5.97 Å². The smallest absolute Gasteiger partial charge is 0.328 e. The molecule has 0 bridgehead atoms. The lowest BCUT2D eigenvalue weighted by molar-refractivity contribution is -0.145. The van der Waals surface area contributed by atoms with E-state index in [0.29, 0.717) is 28.3 Å². The highest BCUT2D eigenvalue weighted by atomic mass is 32.2. The van der Waals surface area contributed by atoms with Gasteiger partial charge in [-0.15, -0.1) is 0 Å². The second kappa shape index (κ2) is 13.8. The maximum absolute atomic E-state index is 12.9. The number of rotatable bonds is 14. The summed E-state index contributed by atoms with van der Waals surface area (Å²) in [5.41, 5.74) is 2.62. The summed E-state index contributed by atoms with van der Waals surface area (Å²) < 4.78 is 11.0. The first-order chi connectivity index (χ1) is 16.6. The molecule has 0 aliphatic rings. The van der Waals surface area contributed by atoms with Crippen molar-refractivity contribution in [1.82, 2.24) is 15.6 Å². The average Bonchev–Trinajstić information content (AvgIpc) is 3.26. The molecule has 0 aliphatic carbocycles. The van der Waals surface area contributed by atoms with Crippen molar-refractivity contribution in [3.8, 4) is 0 Å². The van der Waals surface area contributed by atoms with Gasteiger partial charge < -0.3 is 19.8 Å². The van der Waals surface area contributed by atoms with Crippen LogP contribution in [0.4, 0.5) is 0 Å². The molecule has 182 valence electrons. The standard InChI is InChI=1S/C26H33N3O4S/c1-3-32-25(31)22(17-19-11-7-6-8-12-19)28-24(30)20-13-14-23-21(18-20)29-26(33-23)34-16-10-5-4-9-15-27-2/h6-8,11-14,18,22,27H,3-5,9-10,15-17H2,1-2H3,(H,28,30). The quantitative estimate of drug-likeness (QED) is 0.197. The molecule has 3 aromatic rings. The van der Waals surface area contributed by atoms with Gasteiger partial charge in [0.05, 0.1) is 6.61 Å². The molecule has 0 fully saturated rings. The molecule has 3 rings (SSSR count). The molecule has 7 nitrogen and oxygen atoms in total. The predicted molar refractivity (Wildman–Crippen MR) is 135 cm³/mol. The lowest BCUT2D eigenvalue weighted by atomic mass is 10.1. The van der Waals surface area contributed by atoms with Gasteiger partial charge in [-0.2, -0.15) is 0 Å². The van der Waals surface area contributed by atoms with Crippen LogP contribution in [-0.2, 0) is 16.0 Å². The summed E-state index contributed by atoms with van der Waals surface area (Å²) in [6.45, 7) is 3.06. The Morgan fingerprint density at radius 1 is 1.09 bits per heavy atom. The normalized spacial score (nSPS) is 11.9. The van der Waals surface area contributed by atoms with E-state index in [2.05, 4.69) is 15.6 Å². The Labute approximate surface area is 205 Å². The summed E-state index contributed by atoms with van der Waals surface area (Å²) in [4.78, 5) is 29.9. The van der Waals surface area contributed by atoms with E-state index < -0.39 is 12.0 Å². The van der Waals surface area contributed by atoms with Crippen molar-refractivity contribution >= 4 is 34.7 Å². The summed E-state index contributed by atoms with van der Waals surface area (Å²) in [5, 5.41) is 6.59. The highest BCUT2D eigenvalue weighted by molar-refractivity contribution is 7.99. The van der Waals surface area contributed by atoms with Gasteiger partial charge in [0.2, 0.25) is 0 Å². The minimum Gasteiger partial charge on any atom is -0.464 e. The molecule has 1 aromatic heterocycles. The van der Waals surface area contributed by atoms with E-state index in [-0.39, 0.29) is 12.5 Å². The van der Waals surface area contributed by atoms with Crippen molar-refractivity contribution in [2.45, 2.75) is 50.3 Å². The van der Waals surface area contributed by atoms with E-state index in [1.807, 2.05) is 37.4 Å². The van der Waals surface area contributed by atoms with Crippen LogP contribution in [0.2, 0.25) is 0 Å². The lowest BCUT2D eigenvalue weighted by Gasteiger charge is -2.17. The van der Waals surface area contributed by atoms with Crippen molar-refractivity contribution in [2.24, 2.45) is 0 Å².